The van der Waals surface area contributed by atoms with Crippen molar-refractivity contribution in [2.45, 2.75) is 45.0 Å². The van der Waals surface area contributed by atoms with Gasteiger partial charge >= 0.3 is 6.36 Å². The third-order valence-corrected chi connectivity index (χ3v) is 4.16. The van der Waals surface area contributed by atoms with Crippen LogP contribution in [0.2, 0.25) is 0 Å². The summed E-state index contributed by atoms with van der Waals surface area (Å²) in [4.78, 5) is 0. The molecule has 1 aliphatic carbocycles. The zero-order valence-electron chi connectivity index (χ0n) is 11.8. The van der Waals surface area contributed by atoms with Crippen molar-refractivity contribution in [2.24, 2.45) is 5.41 Å². The van der Waals surface area contributed by atoms with Gasteiger partial charge in [0.2, 0.25) is 0 Å². The van der Waals surface area contributed by atoms with E-state index in [1.165, 1.54) is 25.0 Å². The van der Waals surface area contributed by atoms with Gasteiger partial charge in [0.25, 0.3) is 0 Å². The fraction of sp³-hybridized carbons (Fsp3) is 0.600. The lowest BCUT2D eigenvalue weighted by atomic mass is 9.77. The largest absolute Gasteiger partial charge is 0.573 e. The second-order valence-corrected chi connectivity index (χ2v) is 5.70. The van der Waals surface area contributed by atoms with Crippen LogP contribution in [-0.2, 0) is 0 Å². The number of alkyl halides is 3. The predicted octanol–water partition coefficient (Wildman–Crippen LogP) is 4.43. The number of benzene rings is 1. The van der Waals surface area contributed by atoms with Gasteiger partial charge in [-0.2, -0.15) is 0 Å². The number of nitrogens with one attached hydrogen (secondary N) is 1. The lowest BCUT2D eigenvalue weighted by Crippen LogP contribution is -2.32. The van der Waals surface area contributed by atoms with Crippen LogP contribution < -0.4 is 10.1 Å². The Bertz CT molecular complexity index is 453. The molecule has 0 aliphatic heterocycles. The Morgan fingerprint density at radius 2 is 1.90 bits per heavy atom. The maximum absolute atomic E-state index is 12.3. The normalized spacial score (nSPS) is 19.9. The van der Waals surface area contributed by atoms with E-state index < -0.39 is 6.36 Å². The van der Waals surface area contributed by atoms with Crippen LogP contribution in [-0.4, -0.2) is 13.4 Å². The molecular formula is C15H20F3NO. The minimum Gasteiger partial charge on any atom is -0.406 e. The third-order valence-electron chi connectivity index (χ3n) is 4.16. The Labute approximate surface area is 117 Å². The summed E-state index contributed by atoms with van der Waals surface area (Å²) in [5.41, 5.74) is 0.935. The Balaban J connectivity index is 2.24. The van der Waals surface area contributed by atoms with E-state index in [4.69, 9.17) is 0 Å². The summed E-state index contributed by atoms with van der Waals surface area (Å²) in [5.74, 6) is -0.156. The number of ether oxygens (including phenoxy) is 1. The van der Waals surface area contributed by atoms with Crippen molar-refractivity contribution in [1.82, 2.24) is 5.32 Å². The Morgan fingerprint density at radius 3 is 2.45 bits per heavy atom. The highest BCUT2D eigenvalue weighted by Gasteiger charge is 2.37. The highest BCUT2D eigenvalue weighted by molar-refractivity contribution is 5.32. The zero-order chi connectivity index (χ0) is 14.8. The van der Waals surface area contributed by atoms with Gasteiger partial charge in [0.1, 0.15) is 5.75 Å². The van der Waals surface area contributed by atoms with E-state index in [1.54, 1.807) is 6.07 Å². The molecule has 1 unspecified atom stereocenters. The standard InChI is InChI=1S/C15H20F3NO/c1-14(8-3-4-9-14)13(19-2)11-6-5-7-12(10-11)20-15(16,17)18/h5-7,10,13,19H,3-4,8-9H2,1-2H3. The Hall–Kier alpha value is -1.23. The van der Waals surface area contributed by atoms with Gasteiger partial charge in [-0.1, -0.05) is 31.9 Å². The molecule has 5 heteroatoms. The summed E-state index contributed by atoms with van der Waals surface area (Å²) in [5, 5.41) is 3.25. The van der Waals surface area contributed by atoms with Crippen molar-refractivity contribution in [3.8, 4) is 5.75 Å². The quantitative estimate of drug-likeness (QED) is 0.884. The minimum atomic E-state index is -4.65. The second-order valence-electron chi connectivity index (χ2n) is 5.70. The number of hydrogen-bond donors (Lipinski definition) is 1. The third kappa shape index (κ3) is 3.45. The van der Waals surface area contributed by atoms with E-state index in [1.807, 2.05) is 13.1 Å². The van der Waals surface area contributed by atoms with Gasteiger partial charge in [0.15, 0.2) is 0 Å². The van der Waals surface area contributed by atoms with Crippen LogP contribution in [0.3, 0.4) is 0 Å². The number of halogens is 3. The van der Waals surface area contributed by atoms with Crippen molar-refractivity contribution in [3.63, 3.8) is 0 Å². The van der Waals surface area contributed by atoms with E-state index in [2.05, 4.69) is 17.0 Å². The average Bonchev–Trinajstić information content (AvgIpc) is 2.76. The molecule has 1 aromatic rings. The molecule has 0 spiro atoms. The zero-order valence-corrected chi connectivity index (χ0v) is 11.8. The van der Waals surface area contributed by atoms with Crippen molar-refractivity contribution in [3.05, 3.63) is 29.8 Å². The Kier molecular flexibility index (Phi) is 4.28. The molecule has 0 radical (unpaired) electrons. The first-order valence-electron chi connectivity index (χ1n) is 6.87. The van der Waals surface area contributed by atoms with Gasteiger partial charge in [-0.3, -0.25) is 0 Å². The molecule has 1 saturated carbocycles. The highest BCUT2D eigenvalue weighted by atomic mass is 19.4. The Morgan fingerprint density at radius 1 is 1.25 bits per heavy atom. The molecule has 0 bridgehead atoms. The predicted molar refractivity (Wildman–Crippen MR) is 71.5 cm³/mol. The van der Waals surface area contributed by atoms with Gasteiger partial charge in [-0.15, -0.1) is 13.2 Å². The molecule has 1 atom stereocenters. The maximum atomic E-state index is 12.3. The van der Waals surface area contributed by atoms with Crippen LogP contribution in [0.15, 0.2) is 24.3 Å². The molecule has 0 amide bonds. The maximum Gasteiger partial charge on any atom is 0.573 e. The number of hydrogen-bond acceptors (Lipinski definition) is 2. The summed E-state index contributed by atoms with van der Waals surface area (Å²) in [7, 11) is 1.85. The second kappa shape index (κ2) is 5.64. The van der Waals surface area contributed by atoms with E-state index in [0.717, 1.165) is 18.4 Å². The van der Waals surface area contributed by atoms with Crippen molar-refractivity contribution < 1.29 is 17.9 Å². The summed E-state index contributed by atoms with van der Waals surface area (Å²) < 4.78 is 40.9. The van der Waals surface area contributed by atoms with Crippen LogP contribution >= 0.6 is 0 Å². The molecule has 0 aromatic heterocycles. The highest BCUT2D eigenvalue weighted by Crippen LogP contribution is 2.47. The van der Waals surface area contributed by atoms with Gasteiger partial charge in [0.05, 0.1) is 0 Å². The molecule has 1 aliphatic rings. The van der Waals surface area contributed by atoms with Crippen LogP contribution in [0, 0.1) is 5.41 Å². The molecule has 2 rings (SSSR count). The van der Waals surface area contributed by atoms with Gasteiger partial charge < -0.3 is 10.1 Å². The molecular weight excluding hydrogens is 267 g/mol. The molecule has 1 aromatic carbocycles. The summed E-state index contributed by atoms with van der Waals surface area (Å²) in [6, 6.07) is 6.33. The van der Waals surface area contributed by atoms with Crippen LogP contribution in [0.4, 0.5) is 13.2 Å². The van der Waals surface area contributed by atoms with E-state index in [9.17, 15) is 13.2 Å². The van der Waals surface area contributed by atoms with Gasteiger partial charge in [0, 0.05) is 6.04 Å². The molecule has 112 valence electrons. The molecule has 0 heterocycles. The van der Waals surface area contributed by atoms with E-state index in [0.29, 0.717) is 0 Å². The first-order valence-corrected chi connectivity index (χ1v) is 6.87. The average molecular weight is 287 g/mol. The first kappa shape index (κ1) is 15.2. The van der Waals surface area contributed by atoms with Gasteiger partial charge in [-0.05, 0) is 43.0 Å². The molecule has 0 saturated heterocycles. The lowest BCUT2D eigenvalue weighted by molar-refractivity contribution is -0.274. The summed E-state index contributed by atoms with van der Waals surface area (Å²) >= 11 is 0. The topological polar surface area (TPSA) is 21.3 Å². The minimum absolute atomic E-state index is 0.0433. The van der Waals surface area contributed by atoms with Crippen LogP contribution in [0.1, 0.15) is 44.2 Å². The van der Waals surface area contributed by atoms with Crippen LogP contribution in [0.5, 0.6) is 5.75 Å². The lowest BCUT2D eigenvalue weighted by Gasteiger charge is -2.34. The first-order chi connectivity index (χ1) is 9.34. The van der Waals surface area contributed by atoms with E-state index >= 15 is 0 Å². The van der Waals surface area contributed by atoms with E-state index in [-0.39, 0.29) is 17.2 Å². The molecule has 20 heavy (non-hydrogen) atoms. The van der Waals surface area contributed by atoms with Crippen molar-refractivity contribution in [2.75, 3.05) is 7.05 Å². The van der Waals surface area contributed by atoms with Crippen LogP contribution in [0.25, 0.3) is 0 Å². The monoisotopic (exact) mass is 287 g/mol. The molecule has 2 nitrogen and oxygen atoms in total. The van der Waals surface area contributed by atoms with Crippen molar-refractivity contribution in [1.29, 1.82) is 0 Å². The fourth-order valence-electron chi connectivity index (χ4n) is 3.28. The van der Waals surface area contributed by atoms with Crippen molar-refractivity contribution >= 4 is 0 Å². The SMILES string of the molecule is CNC(c1cccc(OC(F)(F)F)c1)C1(C)CCCC1. The molecule has 1 fully saturated rings. The summed E-state index contributed by atoms with van der Waals surface area (Å²) in [6.07, 6.45) is -0.127. The fourth-order valence-corrected chi connectivity index (χ4v) is 3.28. The smallest absolute Gasteiger partial charge is 0.406 e. The summed E-state index contributed by atoms with van der Waals surface area (Å²) in [6.45, 7) is 2.19. The molecule has 1 N–H and O–H groups in total. The number of rotatable bonds is 4. The van der Waals surface area contributed by atoms with Gasteiger partial charge in [-0.25, -0.2) is 0 Å².